The number of hydrogen-bond acceptors (Lipinski definition) is 4. The Morgan fingerprint density at radius 1 is 0.484 bits per heavy atom. The van der Waals surface area contributed by atoms with E-state index in [1.54, 1.807) is 12.4 Å². The van der Waals surface area contributed by atoms with Crippen molar-refractivity contribution in [1.29, 1.82) is 5.26 Å². The fourth-order valence-corrected chi connectivity index (χ4v) is 9.59. The third-order valence-corrected chi connectivity index (χ3v) is 12.3. The van der Waals surface area contributed by atoms with Crippen LogP contribution in [-0.2, 0) is 19.4 Å². The summed E-state index contributed by atoms with van der Waals surface area (Å²) < 4.78 is 14.6. The molecule has 7 aromatic carbocycles. The zero-order valence-corrected chi connectivity index (χ0v) is 35.3. The van der Waals surface area contributed by atoms with Gasteiger partial charge in [0, 0.05) is 24.2 Å². The molecule has 0 unspecified atom stereocenters. The Bertz CT molecular complexity index is 3510. The Labute approximate surface area is 368 Å². The molecule has 11 rings (SSSR count). The topological polar surface area (TPSA) is 73.6 Å². The Balaban J connectivity index is 1.03. The normalized spacial score (nSPS) is 11.3. The molecule has 11 aromatic rings. The van der Waals surface area contributed by atoms with E-state index in [9.17, 15) is 5.26 Å². The van der Waals surface area contributed by atoms with Crippen molar-refractivity contribution in [3.05, 3.63) is 216 Å². The standard InChI is InChI=1S/C54H34N6O.Pt/c55-34-37-21-25-49-48(31-37)47-24-23-44(33-52(47)60(49)53-26-22-41(35-57-53)38-27-29-56-30-28-38)61-43-16-9-15-42(32-43)58-36-59(51-20-8-7-19-50(51)58)54-45(39-11-3-1-4-12-39)17-10-18-46(54)40-13-5-2-6-14-40;/h1-33,35H;. The van der Waals surface area contributed by atoms with Crippen molar-refractivity contribution in [1.82, 2.24) is 23.7 Å². The van der Waals surface area contributed by atoms with Crippen molar-refractivity contribution in [3.8, 4) is 68.1 Å². The van der Waals surface area contributed by atoms with Crippen molar-refractivity contribution in [2.24, 2.45) is 0 Å². The smallest absolute Gasteiger partial charge is 0.265 e. The van der Waals surface area contributed by atoms with Gasteiger partial charge in [0.05, 0.1) is 11.6 Å². The molecule has 8 heteroatoms. The molecule has 296 valence electrons. The summed E-state index contributed by atoms with van der Waals surface area (Å²) >= 11 is 2.47. The first-order chi connectivity index (χ1) is 30.6. The number of fused-ring (bicyclic) bond motifs is 4. The summed E-state index contributed by atoms with van der Waals surface area (Å²) in [6.07, 6.45) is 5.45. The first-order valence-electron chi connectivity index (χ1n) is 20.2. The number of ether oxygens (including phenoxy) is 1. The second-order valence-corrected chi connectivity index (χ2v) is 15.9. The van der Waals surface area contributed by atoms with Crippen molar-refractivity contribution in [2.75, 3.05) is 0 Å². The zero-order valence-electron chi connectivity index (χ0n) is 33.0. The minimum Gasteiger partial charge on any atom is -0.265 e. The molecule has 0 spiro atoms. The van der Waals surface area contributed by atoms with Crippen LogP contribution in [-0.4, -0.2) is 23.7 Å². The Kier molecular flexibility index (Phi) is 9.34. The molecule has 0 aliphatic rings. The molecule has 0 bridgehead atoms. The van der Waals surface area contributed by atoms with Gasteiger partial charge in [0.2, 0.25) is 0 Å². The van der Waals surface area contributed by atoms with Crippen LogP contribution in [0.4, 0.5) is 0 Å². The fourth-order valence-electron chi connectivity index (χ4n) is 8.49. The van der Waals surface area contributed by atoms with E-state index in [2.05, 4.69) is 178 Å². The molecule has 0 amide bonds. The number of para-hydroxylation sites is 3. The molecule has 7 nitrogen and oxygen atoms in total. The second-order valence-electron chi connectivity index (χ2n) is 14.9. The van der Waals surface area contributed by atoms with E-state index in [1.165, 1.54) is 0 Å². The third kappa shape index (κ3) is 6.46. The number of rotatable bonds is 8. The molecule has 0 saturated heterocycles. The molecule has 0 N–H and O–H groups in total. The van der Waals surface area contributed by atoms with Crippen molar-refractivity contribution in [2.45, 2.75) is 0 Å². The summed E-state index contributed by atoms with van der Waals surface area (Å²) in [5.41, 5.74) is 13.4. The maximum atomic E-state index is 9.80. The van der Waals surface area contributed by atoms with E-state index in [1.807, 2.05) is 60.8 Å². The van der Waals surface area contributed by atoms with Crippen LogP contribution in [0.1, 0.15) is 5.56 Å². The third-order valence-electron chi connectivity index (χ3n) is 11.3. The summed E-state index contributed by atoms with van der Waals surface area (Å²) in [4.78, 5) is 9.09. The Hall–Kier alpha value is -7.91. The summed E-state index contributed by atoms with van der Waals surface area (Å²) in [5, 5.41) is 11.8. The van der Waals surface area contributed by atoms with Crippen LogP contribution >= 0.6 is 0 Å². The van der Waals surface area contributed by atoms with Gasteiger partial charge in [-0.1, -0.05) is 0 Å². The van der Waals surface area contributed by atoms with Gasteiger partial charge in [0.25, 0.3) is 0 Å². The molecule has 0 fully saturated rings. The first kappa shape index (κ1) is 37.1. The van der Waals surface area contributed by atoms with Gasteiger partial charge in [-0.25, -0.2) is 0 Å². The van der Waals surface area contributed by atoms with Gasteiger partial charge in [0.15, 0.2) is 0 Å². The average molecular weight is 978 g/mol. The fraction of sp³-hybridized carbons (Fsp3) is 0. The number of benzene rings is 7. The Morgan fingerprint density at radius 2 is 1.16 bits per heavy atom. The predicted octanol–water partition coefficient (Wildman–Crippen LogP) is 13.1. The zero-order chi connectivity index (χ0) is 41.6. The predicted molar refractivity (Wildman–Crippen MR) is 243 cm³/mol. The first-order valence-corrected chi connectivity index (χ1v) is 21.3. The molecule has 62 heavy (non-hydrogen) atoms. The van der Waals surface area contributed by atoms with Crippen LogP contribution in [0.25, 0.3) is 83.4 Å². The van der Waals surface area contributed by atoms with E-state index >= 15 is 0 Å². The number of nitrogens with zero attached hydrogens (tertiary/aromatic N) is 6. The molecular formula is C54H34N6OPt. The summed E-state index contributed by atoms with van der Waals surface area (Å²) in [5.74, 6) is 2.14. The summed E-state index contributed by atoms with van der Waals surface area (Å²) in [7, 11) is 0. The maximum absolute atomic E-state index is 9.80. The van der Waals surface area contributed by atoms with Crippen molar-refractivity contribution in [3.63, 3.8) is 0 Å². The van der Waals surface area contributed by atoms with Crippen molar-refractivity contribution < 1.29 is 24.1 Å². The van der Waals surface area contributed by atoms with Gasteiger partial charge in [-0.3, -0.25) is 4.98 Å². The van der Waals surface area contributed by atoms with E-state index in [0.29, 0.717) is 17.1 Å². The molecule has 0 aliphatic heterocycles. The van der Waals surface area contributed by atoms with Crippen LogP contribution in [0.2, 0.25) is 0 Å². The summed E-state index contributed by atoms with van der Waals surface area (Å²) in [6.45, 7) is 0. The molecule has 0 radical (unpaired) electrons. The molecule has 0 saturated carbocycles. The average Bonchev–Trinajstić information content (AvgIpc) is 3.82. The van der Waals surface area contributed by atoms with Crippen LogP contribution in [0.3, 0.4) is 0 Å². The SMILES string of the molecule is N#Cc1ccc2c(c1)c1ccc(Oc3cccc(-n4[c](=[Pt])n(-c5c(-c6ccccc6)cccc5-c5ccccc5)c5ccccc54)c3)cc1n2-c1ccc(-c2ccncc2)cn1. The molecule has 4 aromatic heterocycles. The molecule has 0 aliphatic carbocycles. The number of nitriles is 1. The molecular weight excluding hydrogens is 944 g/mol. The van der Waals surface area contributed by atoms with Gasteiger partial charge >= 0.3 is 294 Å². The van der Waals surface area contributed by atoms with Crippen molar-refractivity contribution >= 4 is 32.8 Å². The number of imidazole rings is 1. The second kappa shape index (κ2) is 15.6. The minimum atomic E-state index is 0.600. The van der Waals surface area contributed by atoms with Gasteiger partial charge in [0.1, 0.15) is 0 Å². The summed E-state index contributed by atoms with van der Waals surface area (Å²) in [6, 6.07) is 66.9. The quantitative estimate of drug-likeness (QED) is 0.152. The van der Waals surface area contributed by atoms with Crippen LogP contribution in [0.15, 0.2) is 207 Å². The van der Waals surface area contributed by atoms with E-state index in [-0.39, 0.29) is 0 Å². The van der Waals surface area contributed by atoms with Gasteiger partial charge in [-0.15, -0.1) is 0 Å². The van der Waals surface area contributed by atoms with E-state index in [4.69, 9.17) is 9.72 Å². The van der Waals surface area contributed by atoms with E-state index in [0.717, 1.165) is 87.2 Å². The monoisotopic (exact) mass is 977 g/mol. The number of pyridine rings is 2. The molecule has 0 atom stereocenters. The Morgan fingerprint density at radius 3 is 1.85 bits per heavy atom. The van der Waals surface area contributed by atoms with Crippen LogP contribution in [0.5, 0.6) is 11.5 Å². The van der Waals surface area contributed by atoms with Crippen LogP contribution in [0, 0.1) is 15.1 Å². The number of hydrogen-bond donors (Lipinski definition) is 0. The van der Waals surface area contributed by atoms with Gasteiger partial charge in [-0.2, -0.15) is 5.26 Å². The van der Waals surface area contributed by atoms with Crippen LogP contribution < -0.4 is 4.74 Å². The van der Waals surface area contributed by atoms with Gasteiger partial charge in [-0.05, 0) is 29.8 Å². The number of aromatic nitrogens is 5. The minimum absolute atomic E-state index is 0.600. The molecule has 4 heterocycles. The van der Waals surface area contributed by atoms with E-state index < -0.39 is 0 Å². The van der Waals surface area contributed by atoms with Gasteiger partial charge < -0.3 is 0 Å².